The Morgan fingerprint density at radius 2 is 1.34 bits per heavy atom. The van der Waals surface area contributed by atoms with E-state index in [2.05, 4.69) is 141 Å². The van der Waals surface area contributed by atoms with Gasteiger partial charge >= 0.3 is 0 Å². The average Bonchev–Trinajstić information content (AvgIpc) is 3.15. The number of fused-ring (bicyclic) bond motifs is 3. The number of anilines is 2. The van der Waals surface area contributed by atoms with Gasteiger partial charge in [-0.15, -0.1) is 0 Å². The van der Waals surface area contributed by atoms with Gasteiger partial charge in [-0.2, -0.15) is 0 Å². The Kier molecular flexibility index (Phi) is 5.22. The van der Waals surface area contributed by atoms with E-state index in [1.807, 2.05) is 0 Å². The van der Waals surface area contributed by atoms with Gasteiger partial charge in [0.05, 0.1) is 0 Å². The third-order valence-electron chi connectivity index (χ3n) is 7.84. The fourth-order valence-electron chi connectivity index (χ4n) is 5.67. The van der Waals surface area contributed by atoms with Gasteiger partial charge in [0.25, 0.3) is 0 Å². The van der Waals surface area contributed by atoms with E-state index >= 15 is 0 Å². The van der Waals surface area contributed by atoms with E-state index in [4.69, 9.17) is 0 Å². The quantitative estimate of drug-likeness (QED) is 0.298. The van der Waals surface area contributed by atoms with Crippen molar-refractivity contribution in [1.29, 1.82) is 0 Å². The van der Waals surface area contributed by atoms with Gasteiger partial charge in [-0.3, -0.25) is 0 Å². The molecule has 1 heteroatoms. The lowest BCUT2D eigenvalue weighted by Crippen LogP contribution is -2.17. The monoisotopic (exact) mass is 453 g/mol. The number of hydrogen-bond acceptors (Lipinski definition) is 1. The van der Waals surface area contributed by atoms with Crippen LogP contribution in [-0.4, -0.2) is 7.05 Å². The fraction of sp³-hybridized carbons (Fsp3) is 0.176. The van der Waals surface area contributed by atoms with E-state index in [0.29, 0.717) is 5.92 Å². The topological polar surface area (TPSA) is 3.24 Å². The summed E-state index contributed by atoms with van der Waals surface area (Å²) in [6.45, 7) is 4.74. The van der Waals surface area contributed by atoms with Crippen molar-refractivity contribution in [2.24, 2.45) is 0 Å². The molecule has 4 aromatic rings. The fourth-order valence-corrected chi connectivity index (χ4v) is 5.67. The standard InChI is InChI=1S/C34H31N/c1-34(2)32-22-27(25-12-8-5-9-13-25)16-20-30(32)31-21-19-29(23-33(31)34)35(3)28-17-14-26(15-18-28)24-10-6-4-7-11-24/h4-12,14-23,25H,13H2,1-3H3. The van der Waals surface area contributed by atoms with Gasteiger partial charge in [0.2, 0.25) is 0 Å². The number of nitrogens with zero attached hydrogens (tertiary/aromatic N) is 1. The van der Waals surface area contributed by atoms with Crippen molar-refractivity contribution in [3.63, 3.8) is 0 Å². The van der Waals surface area contributed by atoms with Crippen molar-refractivity contribution in [2.75, 3.05) is 11.9 Å². The zero-order chi connectivity index (χ0) is 24.0. The summed E-state index contributed by atoms with van der Waals surface area (Å²) in [5.41, 5.74) is 11.9. The molecule has 0 aliphatic heterocycles. The summed E-state index contributed by atoms with van der Waals surface area (Å²) in [7, 11) is 2.16. The van der Waals surface area contributed by atoms with Crippen LogP contribution >= 0.6 is 0 Å². The summed E-state index contributed by atoms with van der Waals surface area (Å²) in [5, 5.41) is 0. The van der Waals surface area contributed by atoms with Crippen LogP contribution in [0.25, 0.3) is 22.3 Å². The zero-order valence-electron chi connectivity index (χ0n) is 20.7. The molecule has 172 valence electrons. The summed E-state index contributed by atoms with van der Waals surface area (Å²) < 4.78 is 0. The summed E-state index contributed by atoms with van der Waals surface area (Å²) in [6.07, 6.45) is 10.0. The Labute approximate surface area is 209 Å². The summed E-state index contributed by atoms with van der Waals surface area (Å²) in [4.78, 5) is 2.29. The van der Waals surface area contributed by atoms with E-state index in [9.17, 15) is 0 Å². The molecule has 0 amide bonds. The van der Waals surface area contributed by atoms with E-state index < -0.39 is 0 Å². The summed E-state index contributed by atoms with van der Waals surface area (Å²) in [5.74, 6) is 0.477. The lowest BCUT2D eigenvalue weighted by Gasteiger charge is -2.25. The number of allylic oxidation sites excluding steroid dienone is 4. The van der Waals surface area contributed by atoms with E-state index in [0.717, 1.165) is 6.42 Å². The van der Waals surface area contributed by atoms with Crippen LogP contribution in [0.2, 0.25) is 0 Å². The predicted molar refractivity (Wildman–Crippen MR) is 150 cm³/mol. The van der Waals surface area contributed by atoms with Gasteiger partial charge in [0.15, 0.2) is 0 Å². The number of benzene rings is 4. The first-order valence-electron chi connectivity index (χ1n) is 12.5. The molecule has 0 N–H and O–H groups in total. The van der Waals surface area contributed by atoms with Crippen molar-refractivity contribution in [3.05, 3.63) is 132 Å². The van der Waals surface area contributed by atoms with Gasteiger partial charge < -0.3 is 4.90 Å². The molecule has 2 aliphatic carbocycles. The van der Waals surface area contributed by atoms with Gasteiger partial charge in [-0.05, 0) is 69.6 Å². The average molecular weight is 454 g/mol. The van der Waals surface area contributed by atoms with E-state index in [1.54, 1.807) is 0 Å². The van der Waals surface area contributed by atoms with Gasteiger partial charge in [0, 0.05) is 29.8 Å². The van der Waals surface area contributed by atoms with Crippen molar-refractivity contribution in [1.82, 2.24) is 0 Å². The summed E-state index contributed by atoms with van der Waals surface area (Å²) >= 11 is 0. The molecule has 1 nitrogen and oxygen atoms in total. The smallest absolute Gasteiger partial charge is 0.0411 e. The molecule has 2 aliphatic rings. The molecular formula is C34H31N. The molecule has 0 saturated carbocycles. The minimum absolute atomic E-state index is 0.0249. The van der Waals surface area contributed by atoms with E-state index in [1.165, 1.54) is 50.3 Å². The Hall–Kier alpha value is -3.84. The Balaban J connectivity index is 1.31. The highest BCUT2D eigenvalue weighted by Gasteiger charge is 2.36. The molecule has 4 aromatic carbocycles. The molecule has 0 fully saturated rings. The first kappa shape index (κ1) is 21.7. The minimum atomic E-state index is -0.0249. The second-order valence-corrected chi connectivity index (χ2v) is 10.3. The predicted octanol–water partition coefficient (Wildman–Crippen LogP) is 9.03. The molecule has 0 bridgehead atoms. The van der Waals surface area contributed by atoms with Crippen molar-refractivity contribution >= 4 is 11.4 Å². The molecule has 1 unspecified atom stereocenters. The Morgan fingerprint density at radius 1 is 0.686 bits per heavy atom. The van der Waals surface area contributed by atoms with Crippen molar-refractivity contribution < 1.29 is 0 Å². The van der Waals surface area contributed by atoms with Gasteiger partial charge in [0.1, 0.15) is 0 Å². The molecule has 0 radical (unpaired) electrons. The third kappa shape index (κ3) is 3.72. The van der Waals surface area contributed by atoms with Crippen LogP contribution in [0.4, 0.5) is 11.4 Å². The normalized spacial score (nSPS) is 17.2. The highest BCUT2D eigenvalue weighted by atomic mass is 15.1. The first-order chi connectivity index (χ1) is 17.0. The maximum absolute atomic E-state index is 2.45. The maximum Gasteiger partial charge on any atom is 0.0411 e. The Morgan fingerprint density at radius 3 is 2.06 bits per heavy atom. The van der Waals surface area contributed by atoms with Crippen LogP contribution in [0, 0.1) is 0 Å². The zero-order valence-corrected chi connectivity index (χ0v) is 20.7. The molecule has 0 saturated heterocycles. The second kappa shape index (κ2) is 8.43. The highest BCUT2D eigenvalue weighted by molar-refractivity contribution is 5.83. The number of hydrogen-bond donors (Lipinski definition) is 0. The SMILES string of the molecule is CN(c1ccc(-c2ccccc2)cc1)c1ccc2c(c1)C(C)(C)c1cc(C3C=CC=CC3)ccc1-2. The highest BCUT2D eigenvalue weighted by Crippen LogP contribution is 2.50. The number of rotatable bonds is 4. The molecular weight excluding hydrogens is 422 g/mol. The third-order valence-corrected chi connectivity index (χ3v) is 7.84. The van der Waals surface area contributed by atoms with Crippen LogP contribution in [0.5, 0.6) is 0 Å². The van der Waals surface area contributed by atoms with Crippen LogP contribution in [0.1, 0.15) is 42.9 Å². The lowest BCUT2D eigenvalue weighted by molar-refractivity contribution is 0.658. The summed E-state index contributed by atoms with van der Waals surface area (Å²) in [6, 6.07) is 33.5. The molecule has 35 heavy (non-hydrogen) atoms. The van der Waals surface area contributed by atoms with Crippen molar-refractivity contribution in [3.8, 4) is 22.3 Å². The lowest BCUT2D eigenvalue weighted by atomic mass is 9.80. The maximum atomic E-state index is 2.45. The largest absolute Gasteiger partial charge is 0.345 e. The molecule has 1 atom stereocenters. The van der Waals surface area contributed by atoms with E-state index in [-0.39, 0.29) is 5.41 Å². The first-order valence-corrected chi connectivity index (χ1v) is 12.5. The molecule has 0 spiro atoms. The van der Waals surface area contributed by atoms with Crippen LogP contribution in [0.3, 0.4) is 0 Å². The van der Waals surface area contributed by atoms with Gasteiger partial charge in [-0.1, -0.05) is 105 Å². The minimum Gasteiger partial charge on any atom is -0.345 e. The van der Waals surface area contributed by atoms with Crippen LogP contribution in [0.15, 0.2) is 115 Å². The van der Waals surface area contributed by atoms with Crippen LogP contribution < -0.4 is 4.90 Å². The molecule has 0 heterocycles. The second-order valence-electron chi connectivity index (χ2n) is 10.3. The molecule has 6 rings (SSSR count). The molecule has 0 aromatic heterocycles. The Bertz CT molecular complexity index is 1440. The van der Waals surface area contributed by atoms with Crippen molar-refractivity contribution in [2.45, 2.75) is 31.6 Å². The van der Waals surface area contributed by atoms with Gasteiger partial charge in [-0.25, -0.2) is 0 Å². The van der Waals surface area contributed by atoms with Crippen LogP contribution in [-0.2, 0) is 5.41 Å².